The quantitative estimate of drug-likeness (QED) is 0.149. The van der Waals surface area contributed by atoms with Crippen molar-refractivity contribution < 1.29 is 42.6 Å². The van der Waals surface area contributed by atoms with Crippen LogP contribution in [0, 0.1) is 0 Å². The third-order valence-electron chi connectivity index (χ3n) is 8.84. The number of aliphatic hydroxyl groups is 1. The van der Waals surface area contributed by atoms with Crippen LogP contribution in [0.3, 0.4) is 0 Å². The van der Waals surface area contributed by atoms with Gasteiger partial charge in [0.1, 0.15) is 24.7 Å². The molecule has 4 unspecified atom stereocenters. The molecule has 19 nitrogen and oxygen atoms in total. The molecule has 4 aliphatic rings. The maximum Gasteiger partial charge on any atom is 0.346 e. The number of H-pyrrole nitrogens is 2. The van der Waals surface area contributed by atoms with Crippen LogP contribution in [-0.4, -0.2) is 139 Å². The summed E-state index contributed by atoms with van der Waals surface area (Å²) >= 11 is 0. The molecule has 21 heteroatoms. The molecule has 0 saturated carbocycles. The molecule has 6 heterocycles. The first-order valence-electron chi connectivity index (χ1n) is 16.8. The van der Waals surface area contributed by atoms with Crippen LogP contribution in [0.4, 0.5) is 0 Å². The van der Waals surface area contributed by atoms with Gasteiger partial charge in [-0.2, -0.15) is 13.5 Å². The zero-order valence-corrected chi connectivity index (χ0v) is 32.0. The summed E-state index contributed by atoms with van der Waals surface area (Å²) < 4.78 is 57.5. The standard InChI is InChI=1S/C18H27N4O7P.C14H20N2O6.H2S/c1-26-12-15-14(27-2)10-16(29-15)22-11-13(17(23)19-18(22)24)4-3-9-28-30(25,20-5-6-20)21-7-8-21;1-20-8-11-10(21-2)6-12(22-11)16-7-9(4-3-5-17)13(18)15-14(16)19;/h3-4,11,14-16H,5-10,12H2,1-2H3,(H,19,23,24);3-4,7,10-12,17H,5-6,8H2,1-2H3,(H,15,18,19);1H2/t14?,15?,16-;10?,11?,12-;/m11./s1. The van der Waals surface area contributed by atoms with Crippen LogP contribution in [0.25, 0.3) is 12.2 Å². The summed E-state index contributed by atoms with van der Waals surface area (Å²) in [5, 5.41) is 8.79. The molecule has 4 aliphatic heterocycles. The normalized spacial score (nSPS) is 25.8. The molecule has 6 rings (SSSR count). The Morgan fingerprint density at radius 1 is 0.774 bits per heavy atom. The maximum absolute atomic E-state index is 12.9. The highest BCUT2D eigenvalue weighted by molar-refractivity contribution is 7.59. The summed E-state index contributed by atoms with van der Waals surface area (Å²) in [4.78, 5) is 52.8. The molecular weight excluding hydrogens is 739 g/mol. The molecule has 0 spiro atoms. The van der Waals surface area contributed by atoms with Gasteiger partial charge in [-0.05, 0) is 12.2 Å². The fourth-order valence-electron chi connectivity index (χ4n) is 5.97. The highest BCUT2D eigenvalue weighted by Gasteiger charge is 2.49. The molecule has 0 bridgehead atoms. The van der Waals surface area contributed by atoms with Crippen LogP contribution in [-0.2, 0) is 37.5 Å². The molecule has 6 atom stereocenters. The Bertz CT molecular complexity index is 1840. The Labute approximate surface area is 312 Å². The van der Waals surface area contributed by atoms with E-state index in [-0.39, 0.29) is 62.3 Å². The van der Waals surface area contributed by atoms with Crippen molar-refractivity contribution >= 4 is 33.3 Å². The second kappa shape index (κ2) is 19.6. The first-order chi connectivity index (χ1) is 25.1. The van der Waals surface area contributed by atoms with Gasteiger partial charge >= 0.3 is 19.0 Å². The summed E-state index contributed by atoms with van der Waals surface area (Å²) in [6.45, 7) is 3.69. The number of aliphatic hydroxyl groups excluding tert-OH is 1. The van der Waals surface area contributed by atoms with E-state index in [4.69, 9.17) is 38.1 Å². The molecular formula is C32H49N6O13PS. The van der Waals surface area contributed by atoms with E-state index < -0.39 is 42.6 Å². The number of nitrogens with zero attached hydrogens (tertiary/aromatic N) is 4. The van der Waals surface area contributed by atoms with Gasteiger partial charge in [-0.3, -0.25) is 33.3 Å². The summed E-state index contributed by atoms with van der Waals surface area (Å²) in [5.41, 5.74) is -1.59. The second-order valence-corrected chi connectivity index (χ2v) is 14.7. The molecule has 4 fully saturated rings. The predicted octanol–water partition coefficient (Wildman–Crippen LogP) is -0.142. The highest BCUT2D eigenvalue weighted by atomic mass is 32.1. The number of hydrogen-bond donors (Lipinski definition) is 3. The summed E-state index contributed by atoms with van der Waals surface area (Å²) in [6, 6.07) is 0. The number of ether oxygens (including phenoxy) is 6. The van der Waals surface area contributed by atoms with E-state index in [2.05, 4.69) is 9.97 Å². The molecule has 0 aliphatic carbocycles. The first kappa shape index (κ1) is 42.8. The SMILES string of the molecule is COCC1O[C@@H](n2cc(C=CCO)c(=O)[nH]c2=O)CC1OC.COCC1O[C@@H](n2cc(C=CCOP(=O)(N3CC3)N3CC3)c(=O)[nH]c2=O)CC1OC.S. The predicted molar refractivity (Wildman–Crippen MR) is 197 cm³/mol. The van der Waals surface area contributed by atoms with Gasteiger partial charge in [-0.15, -0.1) is 0 Å². The van der Waals surface area contributed by atoms with Crippen LogP contribution in [0.15, 0.2) is 43.7 Å². The number of methoxy groups -OCH3 is 4. The van der Waals surface area contributed by atoms with Gasteiger partial charge in [-0.1, -0.05) is 12.2 Å². The molecule has 2 aromatic rings. The van der Waals surface area contributed by atoms with Gasteiger partial charge in [0.15, 0.2) is 0 Å². The maximum atomic E-state index is 12.9. The van der Waals surface area contributed by atoms with Crippen LogP contribution in [0.5, 0.6) is 0 Å². The lowest BCUT2D eigenvalue weighted by Crippen LogP contribution is -2.33. The third kappa shape index (κ3) is 10.6. The molecule has 296 valence electrons. The summed E-state index contributed by atoms with van der Waals surface area (Å²) in [7, 11) is 3.38. The number of nitrogens with one attached hydrogen (secondary N) is 2. The molecule has 0 amide bonds. The van der Waals surface area contributed by atoms with Gasteiger partial charge in [0.2, 0.25) is 0 Å². The Morgan fingerprint density at radius 2 is 1.21 bits per heavy atom. The lowest BCUT2D eigenvalue weighted by molar-refractivity contribution is -0.0618. The van der Waals surface area contributed by atoms with E-state index >= 15 is 0 Å². The fourth-order valence-corrected chi connectivity index (χ4v) is 8.12. The fraction of sp³-hybridized carbons (Fsp3) is 0.625. The minimum atomic E-state index is -2.90. The average Bonchev–Trinajstić information content (AvgIpc) is 4.07. The van der Waals surface area contributed by atoms with Crippen molar-refractivity contribution in [1.82, 2.24) is 28.4 Å². The van der Waals surface area contributed by atoms with Crippen molar-refractivity contribution in [3.8, 4) is 0 Å². The van der Waals surface area contributed by atoms with Crippen LogP contribution in [0.1, 0.15) is 36.4 Å². The van der Waals surface area contributed by atoms with E-state index in [0.717, 1.165) is 26.2 Å². The summed E-state index contributed by atoms with van der Waals surface area (Å²) in [6.07, 6.45) is 7.73. The van der Waals surface area contributed by atoms with E-state index in [9.17, 15) is 23.7 Å². The Morgan fingerprint density at radius 3 is 1.58 bits per heavy atom. The lowest BCUT2D eigenvalue weighted by atomic mass is 10.2. The Balaban J connectivity index is 0.000000244. The smallest absolute Gasteiger partial charge is 0.346 e. The van der Waals surface area contributed by atoms with Crippen molar-refractivity contribution in [2.75, 3.05) is 81.0 Å². The number of aromatic nitrogens is 4. The number of aromatic amines is 2. The zero-order chi connectivity index (χ0) is 37.4. The molecule has 53 heavy (non-hydrogen) atoms. The van der Waals surface area contributed by atoms with Crippen LogP contribution >= 0.6 is 21.2 Å². The highest BCUT2D eigenvalue weighted by Crippen LogP contribution is 2.60. The topological polar surface area (TPSA) is 218 Å². The molecule has 2 aromatic heterocycles. The van der Waals surface area contributed by atoms with E-state index in [1.54, 1.807) is 40.6 Å². The van der Waals surface area contributed by atoms with Gasteiger partial charge in [0, 0.05) is 79.9 Å². The minimum absolute atomic E-state index is 0. The molecule has 0 radical (unpaired) electrons. The second-order valence-electron chi connectivity index (χ2n) is 12.4. The number of hydrogen-bond acceptors (Lipinski definition) is 13. The van der Waals surface area contributed by atoms with Gasteiger partial charge < -0.3 is 38.1 Å². The summed E-state index contributed by atoms with van der Waals surface area (Å²) in [5.74, 6) is 0. The minimum Gasteiger partial charge on any atom is -0.392 e. The van der Waals surface area contributed by atoms with Gasteiger partial charge in [0.05, 0.1) is 49.8 Å². The largest absolute Gasteiger partial charge is 0.392 e. The van der Waals surface area contributed by atoms with Crippen molar-refractivity contribution in [2.24, 2.45) is 0 Å². The first-order valence-corrected chi connectivity index (χ1v) is 18.3. The number of rotatable bonds is 16. The van der Waals surface area contributed by atoms with E-state index in [1.165, 1.54) is 33.7 Å². The van der Waals surface area contributed by atoms with Crippen molar-refractivity contribution in [3.05, 3.63) is 77.3 Å². The monoisotopic (exact) mass is 788 g/mol. The molecule has 0 aromatic carbocycles. The van der Waals surface area contributed by atoms with Crippen LogP contribution < -0.4 is 22.5 Å². The molecule has 3 N–H and O–H groups in total. The van der Waals surface area contributed by atoms with Crippen molar-refractivity contribution in [2.45, 2.75) is 49.7 Å². The zero-order valence-electron chi connectivity index (χ0n) is 30.1. The van der Waals surface area contributed by atoms with Gasteiger partial charge in [0.25, 0.3) is 11.1 Å². The van der Waals surface area contributed by atoms with Crippen molar-refractivity contribution in [3.63, 3.8) is 0 Å². The lowest BCUT2D eigenvalue weighted by Gasteiger charge is -2.18. The Hall–Kier alpha value is -2.98. The average molecular weight is 789 g/mol. The van der Waals surface area contributed by atoms with Crippen LogP contribution in [0.2, 0.25) is 0 Å². The van der Waals surface area contributed by atoms with E-state index in [0.29, 0.717) is 26.1 Å². The Kier molecular flexibility index (Phi) is 15.8. The van der Waals surface area contributed by atoms with Crippen molar-refractivity contribution in [1.29, 1.82) is 0 Å². The third-order valence-corrected chi connectivity index (χ3v) is 11.6. The van der Waals surface area contributed by atoms with Gasteiger partial charge in [-0.25, -0.2) is 18.9 Å². The van der Waals surface area contributed by atoms with E-state index in [1.807, 2.05) is 9.34 Å². The molecule has 4 saturated heterocycles.